The predicted octanol–water partition coefficient (Wildman–Crippen LogP) is 3.88. The van der Waals surface area contributed by atoms with Gasteiger partial charge in [0.15, 0.2) is 0 Å². The Hall–Kier alpha value is -1.74. The van der Waals surface area contributed by atoms with E-state index in [2.05, 4.69) is 32.0 Å². The van der Waals surface area contributed by atoms with E-state index in [-0.39, 0.29) is 5.84 Å². The summed E-state index contributed by atoms with van der Waals surface area (Å²) in [6, 6.07) is 14.4. The summed E-state index contributed by atoms with van der Waals surface area (Å²) in [5.41, 5.74) is 10.1. The second-order valence-corrected chi connectivity index (χ2v) is 5.69. The van der Waals surface area contributed by atoms with Crippen LogP contribution in [-0.2, 0) is 5.75 Å². The highest BCUT2D eigenvalue weighted by Crippen LogP contribution is 2.26. The number of rotatable bonds is 4. The van der Waals surface area contributed by atoms with Crippen LogP contribution in [0.15, 0.2) is 47.4 Å². The van der Waals surface area contributed by atoms with Crippen LogP contribution in [0.5, 0.6) is 0 Å². The Kier molecular flexibility index (Phi) is 4.27. The molecule has 2 aromatic rings. The summed E-state index contributed by atoms with van der Waals surface area (Å²) >= 11 is 1.84. The van der Waals surface area contributed by atoms with Gasteiger partial charge < -0.3 is 5.73 Å². The molecule has 0 heterocycles. The van der Waals surface area contributed by atoms with Crippen LogP contribution in [0.25, 0.3) is 0 Å². The number of nitrogen functional groups attached to an aromatic ring is 1. The molecule has 0 atom stereocenters. The van der Waals surface area contributed by atoms with Crippen LogP contribution in [-0.4, -0.2) is 5.84 Å². The molecule has 0 unspecified atom stereocenters. The standard InChI is InChI=1S/C16H18N2S/c1-11-3-4-12(2)15(9-11)19-10-13-5-7-14(8-6-13)16(17)18/h3-9H,10H2,1-2H3,(H3,17,18). The van der Waals surface area contributed by atoms with Gasteiger partial charge in [-0.1, -0.05) is 42.0 Å². The molecule has 0 saturated heterocycles. The van der Waals surface area contributed by atoms with Crippen molar-refractivity contribution in [3.05, 3.63) is 64.7 Å². The molecule has 0 amide bonds. The van der Waals surface area contributed by atoms with Crippen LogP contribution >= 0.6 is 11.8 Å². The fourth-order valence-electron chi connectivity index (χ4n) is 1.80. The largest absolute Gasteiger partial charge is 0.384 e. The van der Waals surface area contributed by atoms with E-state index in [4.69, 9.17) is 11.1 Å². The molecule has 0 radical (unpaired) electrons. The maximum Gasteiger partial charge on any atom is 0.122 e. The first-order valence-electron chi connectivity index (χ1n) is 6.19. The normalized spacial score (nSPS) is 10.4. The molecule has 3 heteroatoms. The smallest absolute Gasteiger partial charge is 0.122 e. The van der Waals surface area contributed by atoms with E-state index in [9.17, 15) is 0 Å². The van der Waals surface area contributed by atoms with E-state index in [1.807, 2.05) is 36.0 Å². The molecule has 0 aliphatic rings. The molecule has 19 heavy (non-hydrogen) atoms. The summed E-state index contributed by atoms with van der Waals surface area (Å²) in [7, 11) is 0. The molecule has 0 bridgehead atoms. The summed E-state index contributed by atoms with van der Waals surface area (Å²) < 4.78 is 0. The highest BCUT2D eigenvalue weighted by molar-refractivity contribution is 7.98. The average Bonchev–Trinajstić information content (AvgIpc) is 2.40. The molecule has 0 spiro atoms. The minimum atomic E-state index is 0.119. The lowest BCUT2D eigenvalue weighted by atomic mass is 10.1. The number of hydrogen-bond acceptors (Lipinski definition) is 2. The van der Waals surface area contributed by atoms with Gasteiger partial charge in [0.25, 0.3) is 0 Å². The third-order valence-electron chi connectivity index (χ3n) is 3.00. The summed E-state index contributed by atoms with van der Waals surface area (Å²) in [5, 5.41) is 7.37. The molecular weight excluding hydrogens is 252 g/mol. The fourth-order valence-corrected chi connectivity index (χ4v) is 2.88. The van der Waals surface area contributed by atoms with Crippen molar-refractivity contribution in [3.63, 3.8) is 0 Å². The topological polar surface area (TPSA) is 49.9 Å². The first-order chi connectivity index (χ1) is 9.06. The van der Waals surface area contributed by atoms with Gasteiger partial charge in [0.1, 0.15) is 5.84 Å². The lowest BCUT2D eigenvalue weighted by Crippen LogP contribution is -2.10. The van der Waals surface area contributed by atoms with Crippen molar-refractivity contribution in [2.45, 2.75) is 24.5 Å². The molecule has 0 aromatic heterocycles. The van der Waals surface area contributed by atoms with E-state index in [1.54, 1.807) is 0 Å². The number of hydrogen-bond donors (Lipinski definition) is 2. The van der Waals surface area contributed by atoms with Crippen LogP contribution in [0.1, 0.15) is 22.3 Å². The lowest BCUT2D eigenvalue weighted by Gasteiger charge is -2.07. The molecule has 2 nitrogen and oxygen atoms in total. The second kappa shape index (κ2) is 5.93. The van der Waals surface area contributed by atoms with Gasteiger partial charge in [0.05, 0.1) is 0 Å². The molecule has 0 aliphatic heterocycles. The Morgan fingerprint density at radius 1 is 1.11 bits per heavy atom. The number of nitrogens with one attached hydrogen (secondary N) is 1. The Balaban J connectivity index is 2.06. The number of nitrogens with two attached hydrogens (primary N) is 1. The van der Waals surface area contributed by atoms with Crippen molar-refractivity contribution in [1.29, 1.82) is 5.41 Å². The van der Waals surface area contributed by atoms with Crippen LogP contribution in [0, 0.1) is 19.3 Å². The summed E-state index contributed by atoms with van der Waals surface area (Å²) in [6.07, 6.45) is 0. The van der Waals surface area contributed by atoms with Crippen LogP contribution in [0.2, 0.25) is 0 Å². The molecule has 2 aromatic carbocycles. The summed E-state index contributed by atoms with van der Waals surface area (Å²) in [5.74, 6) is 1.05. The lowest BCUT2D eigenvalue weighted by molar-refractivity contribution is 1.25. The Morgan fingerprint density at radius 2 is 1.79 bits per heavy atom. The van der Waals surface area contributed by atoms with E-state index in [0.29, 0.717) is 0 Å². The zero-order valence-corrected chi connectivity index (χ0v) is 12.1. The van der Waals surface area contributed by atoms with Crippen molar-refractivity contribution in [2.24, 2.45) is 5.73 Å². The number of benzene rings is 2. The first kappa shape index (κ1) is 13.7. The number of aryl methyl sites for hydroxylation is 2. The van der Waals surface area contributed by atoms with E-state index in [0.717, 1.165) is 11.3 Å². The SMILES string of the molecule is Cc1ccc(C)c(SCc2ccc(C(=N)N)cc2)c1. The molecule has 0 aliphatic carbocycles. The van der Waals surface area contributed by atoms with Crippen LogP contribution in [0.3, 0.4) is 0 Å². The predicted molar refractivity (Wildman–Crippen MR) is 82.9 cm³/mol. The van der Waals surface area contributed by atoms with Gasteiger partial charge in [-0.3, -0.25) is 5.41 Å². The van der Waals surface area contributed by atoms with E-state index < -0.39 is 0 Å². The van der Waals surface area contributed by atoms with Gasteiger partial charge in [0.2, 0.25) is 0 Å². The monoisotopic (exact) mass is 270 g/mol. The summed E-state index contributed by atoms with van der Waals surface area (Å²) in [6.45, 7) is 4.26. The molecular formula is C16H18N2S. The van der Waals surface area contributed by atoms with Crippen LogP contribution < -0.4 is 5.73 Å². The van der Waals surface area contributed by atoms with Crippen molar-refractivity contribution in [2.75, 3.05) is 0 Å². The van der Waals surface area contributed by atoms with Crippen molar-refractivity contribution in [1.82, 2.24) is 0 Å². The molecule has 3 N–H and O–H groups in total. The van der Waals surface area contributed by atoms with Gasteiger partial charge in [-0.05, 0) is 31.0 Å². The summed E-state index contributed by atoms with van der Waals surface area (Å²) in [4.78, 5) is 1.33. The zero-order valence-electron chi connectivity index (χ0n) is 11.2. The van der Waals surface area contributed by atoms with Gasteiger partial charge in [0, 0.05) is 16.2 Å². The fraction of sp³-hybridized carbons (Fsp3) is 0.188. The third kappa shape index (κ3) is 3.61. The Bertz CT molecular complexity index is 588. The highest BCUT2D eigenvalue weighted by Gasteiger charge is 2.02. The van der Waals surface area contributed by atoms with Crippen LogP contribution in [0.4, 0.5) is 0 Å². The van der Waals surface area contributed by atoms with Crippen molar-refractivity contribution in [3.8, 4) is 0 Å². The first-order valence-corrected chi connectivity index (χ1v) is 7.18. The van der Waals surface area contributed by atoms with Crippen molar-refractivity contribution >= 4 is 17.6 Å². The second-order valence-electron chi connectivity index (χ2n) is 4.67. The number of thioether (sulfide) groups is 1. The minimum absolute atomic E-state index is 0.119. The molecule has 0 saturated carbocycles. The molecule has 0 fully saturated rings. The minimum Gasteiger partial charge on any atom is -0.384 e. The van der Waals surface area contributed by atoms with E-state index in [1.165, 1.54) is 21.6 Å². The van der Waals surface area contributed by atoms with Gasteiger partial charge in [-0.2, -0.15) is 0 Å². The Labute approximate surface area is 118 Å². The van der Waals surface area contributed by atoms with Gasteiger partial charge >= 0.3 is 0 Å². The average molecular weight is 270 g/mol. The van der Waals surface area contributed by atoms with Gasteiger partial charge in [-0.25, -0.2) is 0 Å². The van der Waals surface area contributed by atoms with Crippen molar-refractivity contribution < 1.29 is 0 Å². The third-order valence-corrected chi connectivity index (χ3v) is 4.23. The quantitative estimate of drug-likeness (QED) is 0.503. The maximum atomic E-state index is 7.37. The molecule has 98 valence electrons. The van der Waals surface area contributed by atoms with E-state index >= 15 is 0 Å². The number of amidine groups is 1. The highest BCUT2D eigenvalue weighted by atomic mass is 32.2. The Morgan fingerprint density at radius 3 is 2.42 bits per heavy atom. The maximum absolute atomic E-state index is 7.37. The van der Waals surface area contributed by atoms with Gasteiger partial charge in [-0.15, -0.1) is 11.8 Å². The zero-order chi connectivity index (χ0) is 13.8. The molecule has 2 rings (SSSR count).